The Balaban J connectivity index is 1.28. The van der Waals surface area contributed by atoms with Crippen LogP contribution in [-0.2, 0) is 11.8 Å². The minimum absolute atomic E-state index is 0.00542. The van der Waals surface area contributed by atoms with Crippen molar-refractivity contribution in [2.45, 2.75) is 23.2 Å². The summed E-state index contributed by atoms with van der Waals surface area (Å²) in [5, 5.41) is 19.8. The highest BCUT2D eigenvalue weighted by Gasteiger charge is 2.44. The van der Waals surface area contributed by atoms with E-state index in [1.807, 2.05) is 4.90 Å². The molecule has 26 heavy (non-hydrogen) atoms. The lowest BCUT2D eigenvalue weighted by atomic mass is 10.1. The Morgan fingerprint density at radius 3 is 2.92 bits per heavy atom. The number of hydrogen-bond donors (Lipinski definition) is 2. The fraction of sp³-hybridized carbons (Fsp3) is 0.625. The van der Waals surface area contributed by atoms with Crippen molar-refractivity contribution in [1.82, 2.24) is 30.2 Å². The Morgan fingerprint density at radius 1 is 1.42 bits per heavy atom. The molecule has 0 aliphatic carbocycles. The summed E-state index contributed by atoms with van der Waals surface area (Å²) >= 11 is 1.66. The molecule has 138 valence electrons. The second-order valence-electron chi connectivity index (χ2n) is 6.95. The molecule has 3 aliphatic heterocycles. The van der Waals surface area contributed by atoms with Crippen LogP contribution < -0.4 is 10.6 Å². The van der Waals surface area contributed by atoms with Gasteiger partial charge < -0.3 is 15.1 Å². The molecule has 0 aromatic carbocycles. The van der Waals surface area contributed by atoms with Crippen molar-refractivity contribution in [1.29, 1.82) is 5.26 Å². The van der Waals surface area contributed by atoms with Crippen LogP contribution in [-0.4, -0.2) is 74.4 Å². The second kappa shape index (κ2) is 6.81. The summed E-state index contributed by atoms with van der Waals surface area (Å²) in [6, 6.07) is 1.89. The summed E-state index contributed by atoms with van der Waals surface area (Å²) in [4.78, 5) is 28.3. The molecule has 3 aliphatic rings. The third-order valence-corrected chi connectivity index (χ3v) is 6.49. The number of likely N-dealkylation sites (tertiary alicyclic amines) is 2. The first-order valence-electron chi connectivity index (χ1n) is 8.69. The highest BCUT2D eigenvalue weighted by molar-refractivity contribution is 8.00. The largest absolute Gasteiger partial charge is 0.334 e. The summed E-state index contributed by atoms with van der Waals surface area (Å²) in [5.74, 6) is -0.181. The maximum Gasteiger partial charge on any atom is 0.274 e. The molecule has 1 aromatic rings. The molecule has 1 aromatic heterocycles. The second-order valence-corrected chi connectivity index (χ2v) is 8.30. The van der Waals surface area contributed by atoms with Crippen LogP contribution in [0.1, 0.15) is 16.9 Å². The molecular weight excluding hydrogens is 354 g/mol. The van der Waals surface area contributed by atoms with Gasteiger partial charge in [-0.2, -0.15) is 10.4 Å². The summed E-state index contributed by atoms with van der Waals surface area (Å²) in [6.45, 7) is 2.41. The van der Waals surface area contributed by atoms with Gasteiger partial charge in [-0.3, -0.25) is 19.6 Å². The van der Waals surface area contributed by atoms with Crippen molar-refractivity contribution in [3.8, 4) is 6.19 Å². The number of carbonyl (C=O) groups is 2. The minimum Gasteiger partial charge on any atom is -0.334 e. The quantitative estimate of drug-likeness (QED) is 0.663. The molecule has 4 rings (SSSR count). The van der Waals surface area contributed by atoms with Gasteiger partial charge >= 0.3 is 0 Å². The van der Waals surface area contributed by atoms with E-state index >= 15 is 0 Å². The zero-order chi connectivity index (χ0) is 18.3. The summed E-state index contributed by atoms with van der Waals surface area (Å²) in [7, 11) is 1.79. The minimum atomic E-state index is -0.138. The number of nitrogens with zero attached hydrogens (tertiary/aromatic N) is 5. The van der Waals surface area contributed by atoms with Crippen LogP contribution in [0.2, 0.25) is 0 Å². The average molecular weight is 375 g/mol. The molecule has 0 radical (unpaired) electrons. The Bertz CT molecular complexity index is 746. The van der Waals surface area contributed by atoms with E-state index in [0.29, 0.717) is 31.9 Å². The third-order valence-electron chi connectivity index (χ3n) is 5.14. The lowest BCUT2D eigenvalue weighted by Gasteiger charge is -2.20. The highest BCUT2D eigenvalue weighted by atomic mass is 32.2. The number of thioether (sulfide) groups is 1. The smallest absolute Gasteiger partial charge is 0.274 e. The van der Waals surface area contributed by atoms with Crippen LogP contribution in [0, 0.1) is 17.4 Å². The predicted molar refractivity (Wildman–Crippen MR) is 94.6 cm³/mol. The van der Waals surface area contributed by atoms with Gasteiger partial charge in [-0.15, -0.1) is 11.8 Å². The van der Waals surface area contributed by atoms with Crippen molar-refractivity contribution in [2.75, 3.05) is 26.2 Å². The van der Waals surface area contributed by atoms with Gasteiger partial charge in [0.1, 0.15) is 11.2 Å². The highest BCUT2D eigenvalue weighted by Crippen LogP contribution is 2.32. The van der Waals surface area contributed by atoms with E-state index < -0.39 is 0 Å². The average Bonchev–Trinajstić information content (AvgIpc) is 3.36. The van der Waals surface area contributed by atoms with E-state index in [4.69, 9.17) is 5.26 Å². The van der Waals surface area contributed by atoms with Gasteiger partial charge in [-0.25, -0.2) is 0 Å². The number of aromatic nitrogens is 2. The molecule has 0 bridgehead atoms. The molecule has 3 unspecified atom stereocenters. The lowest BCUT2D eigenvalue weighted by molar-refractivity contribution is -0.124. The Labute approximate surface area is 155 Å². The van der Waals surface area contributed by atoms with Crippen LogP contribution in [0.5, 0.6) is 0 Å². The van der Waals surface area contributed by atoms with Gasteiger partial charge in [-0.05, 0) is 12.5 Å². The molecule has 9 nitrogen and oxygen atoms in total. The number of hydrogen-bond acceptors (Lipinski definition) is 7. The maximum atomic E-state index is 12.5. The van der Waals surface area contributed by atoms with Crippen molar-refractivity contribution in [3.05, 3.63) is 18.0 Å². The van der Waals surface area contributed by atoms with Gasteiger partial charge in [0.05, 0.1) is 5.92 Å². The van der Waals surface area contributed by atoms with E-state index in [-0.39, 0.29) is 34.5 Å². The Morgan fingerprint density at radius 2 is 2.27 bits per heavy atom. The molecule has 2 amide bonds. The van der Waals surface area contributed by atoms with E-state index in [1.165, 1.54) is 0 Å². The van der Waals surface area contributed by atoms with E-state index in [0.717, 1.165) is 6.42 Å². The van der Waals surface area contributed by atoms with E-state index in [1.54, 1.807) is 40.7 Å². The fourth-order valence-corrected chi connectivity index (χ4v) is 5.13. The number of aryl methyl sites for hydroxylation is 1. The standard InChI is InChI=1S/C16H21N7O2S/c1-21-4-3-11(20-21)15(25)23-7-12-13(8-23)26-16(18-12)19-14(24)10-2-5-22(6-10)9-17/h3-4,10,12-13,16,18H,2,5-8H2,1H3,(H,19,24)/t10-,12?,13?,16?/m0/s1. The number of nitriles is 1. The first-order valence-corrected chi connectivity index (χ1v) is 9.63. The molecular formula is C16H21N7O2S. The number of fused-ring (bicyclic) bond motifs is 1. The van der Waals surface area contributed by atoms with Gasteiger partial charge in [-0.1, -0.05) is 0 Å². The number of rotatable bonds is 3. The Hall–Kier alpha value is -2.25. The van der Waals surface area contributed by atoms with Crippen LogP contribution in [0.25, 0.3) is 0 Å². The number of amides is 2. The van der Waals surface area contributed by atoms with Crippen LogP contribution >= 0.6 is 11.8 Å². The van der Waals surface area contributed by atoms with E-state index in [2.05, 4.69) is 21.9 Å². The normalized spacial score (nSPS) is 30.3. The van der Waals surface area contributed by atoms with Crippen LogP contribution in [0.15, 0.2) is 12.3 Å². The van der Waals surface area contributed by atoms with Gasteiger partial charge in [0.25, 0.3) is 5.91 Å². The van der Waals surface area contributed by atoms with E-state index in [9.17, 15) is 9.59 Å². The lowest BCUT2D eigenvalue weighted by Crippen LogP contribution is -2.47. The summed E-state index contributed by atoms with van der Waals surface area (Å²) < 4.78 is 1.62. The molecule has 0 saturated carbocycles. The topological polar surface area (TPSA) is 106 Å². The predicted octanol–water partition coefficient (Wildman–Crippen LogP) is -0.848. The van der Waals surface area contributed by atoms with Crippen molar-refractivity contribution < 1.29 is 9.59 Å². The molecule has 3 fully saturated rings. The molecule has 4 atom stereocenters. The molecule has 3 saturated heterocycles. The zero-order valence-corrected chi connectivity index (χ0v) is 15.3. The monoisotopic (exact) mass is 375 g/mol. The van der Waals surface area contributed by atoms with Gasteiger partial charge in [0.15, 0.2) is 6.19 Å². The first-order chi connectivity index (χ1) is 12.5. The molecule has 0 spiro atoms. The van der Waals surface area contributed by atoms with Crippen molar-refractivity contribution >= 4 is 23.6 Å². The first kappa shape index (κ1) is 17.2. The van der Waals surface area contributed by atoms with Crippen LogP contribution in [0.4, 0.5) is 0 Å². The third kappa shape index (κ3) is 3.24. The van der Waals surface area contributed by atoms with Gasteiger partial charge in [0.2, 0.25) is 5.91 Å². The summed E-state index contributed by atoms with van der Waals surface area (Å²) in [5.41, 5.74) is 0.325. The SMILES string of the molecule is Cn1ccc(C(=O)N2CC3NC(NC(=O)[C@H]4CCN(C#N)C4)SC3C2)n1. The Kier molecular flexibility index (Phi) is 4.50. The maximum absolute atomic E-state index is 12.5. The number of nitrogens with one attached hydrogen (secondary N) is 2. The molecule has 4 heterocycles. The van der Waals surface area contributed by atoms with Crippen LogP contribution in [0.3, 0.4) is 0 Å². The van der Waals surface area contributed by atoms with Gasteiger partial charge in [0, 0.05) is 50.7 Å². The zero-order valence-electron chi connectivity index (χ0n) is 14.5. The molecule has 2 N–H and O–H groups in total. The summed E-state index contributed by atoms with van der Waals surface area (Å²) in [6.07, 6.45) is 4.57. The molecule has 10 heteroatoms. The van der Waals surface area contributed by atoms with Crippen molar-refractivity contribution in [2.24, 2.45) is 13.0 Å². The number of carbonyl (C=O) groups excluding carboxylic acids is 2. The van der Waals surface area contributed by atoms with Crippen molar-refractivity contribution in [3.63, 3.8) is 0 Å². The fourth-order valence-electron chi connectivity index (χ4n) is 3.73.